The fraction of sp³-hybridized carbons (Fsp3) is 0.750. The summed E-state index contributed by atoms with van der Waals surface area (Å²) in [4.78, 5) is 0. The van der Waals surface area contributed by atoms with Crippen LogP contribution in [-0.4, -0.2) is 35.6 Å². The zero-order valence-corrected chi connectivity index (χ0v) is 10.4. The molecule has 1 aromatic heterocycles. The first-order valence-electron chi connectivity index (χ1n) is 5.91. The van der Waals surface area contributed by atoms with E-state index in [0.717, 1.165) is 38.0 Å². The van der Waals surface area contributed by atoms with Gasteiger partial charge in [-0.05, 0) is 38.9 Å². The zero-order valence-electron chi connectivity index (χ0n) is 10.4. The van der Waals surface area contributed by atoms with Gasteiger partial charge in [-0.15, -0.1) is 0 Å². The fourth-order valence-electron chi connectivity index (χ4n) is 2.39. The van der Waals surface area contributed by atoms with Gasteiger partial charge in [-0.3, -0.25) is 4.68 Å². The lowest BCUT2D eigenvalue weighted by molar-refractivity contribution is -0.0341. The molecule has 0 aromatic carbocycles. The SMILES string of the molecule is COC1(Cc2cc(C)n(C)n2)CCNCC1. The lowest BCUT2D eigenvalue weighted by atomic mass is 9.87. The molecule has 4 heteroatoms. The Morgan fingerprint density at radius 1 is 1.50 bits per heavy atom. The molecule has 0 spiro atoms. The van der Waals surface area contributed by atoms with E-state index in [2.05, 4.69) is 23.4 Å². The molecule has 16 heavy (non-hydrogen) atoms. The van der Waals surface area contributed by atoms with Crippen molar-refractivity contribution in [2.45, 2.75) is 31.8 Å². The van der Waals surface area contributed by atoms with E-state index in [1.165, 1.54) is 5.69 Å². The van der Waals surface area contributed by atoms with Gasteiger partial charge < -0.3 is 10.1 Å². The first-order valence-corrected chi connectivity index (χ1v) is 5.91. The largest absolute Gasteiger partial charge is 0.378 e. The topological polar surface area (TPSA) is 39.1 Å². The molecule has 4 nitrogen and oxygen atoms in total. The molecule has 1 N–H and O–H groups in total. The van der Waals surface area contributed by atoms with Crippen molar-refractivity contribution in [1.82, 2.24) is 15.1 Å². The van der Waals surface area contributed by atoms with Gasteiger partial charge in [0.2, 0.25) is 0 Å². The summed E-state index contributed by atoms with van der Waals surface area (Å²) in [6.07, 6.45) is 3.06. The van der Waals surface area contributed by atoms with Crippen molar-refractivity contribution in [3.05, 3.63) is 17.5 Å². The average molecular weight is 223 g/mol. The van der Waals surface area contributed by atoms with Crippen molar-refractivity contribution in [2.24, 2.45) is 7.05 Å². The molecule has 0 bridgehead atoms. The predicted molar refractivity (Wildman–Crippen MR) is 63.5 cm³/mol. The maximum atomic E-state index is 5.74. The van der Waals surface area contributed by atoms with Crippen molar-refractivity contribution >= 4 is 0 Å². The van der Waals surface area contributed by atoms with Crippen LogP contribution in [0.2, 0.25) is 0 Å². The van der Waals surface area contributed by atoms with Gasteiger partial charge in [-0.25, -0.2) is 0 Å². The summed E-state index contributed by atoms with van der Waals surface area (Å²) in [6, 6.07) is 2.16. The zero-order chi connectivity index (χ0) is 11.6. The third kappa shape index (κ3) is 2.28. The molecular weight excluding hydrogens is 202 g/mol. The second-order valence-corrected chi connectivity index (χ2v) is 4.71. The molecule has 0 amide bonds. The lowest BCUT2D eigenvalue weighted by Gasteiger charge is -2.35. The van der Waals surface area contributed by atoms with Crippen LogP contribution in [0.15, 0.2) is 6.07 Å². The van der Waals surface area contributed by atoms with E-state index in [0.29, 0.717) is 0 Å². The normalized spacial score (nSPS) is 19.9. The van der Waals surface area contributed by atoms with Gasteiger partial charge in [0.05, 0.1) is 11.3 Å². The summed E-state index contributed by atoms with van der Waals surface area (Å²) < 4.78 is 7.67. The maximum Gasteiger partial charge on any atom is 0.0758 e. The highest BCUT2D eigenvalue weighted by atomic mass is 16.5. The van der Waals surface area contributed by atoms with Crippen LogP contribution >= 0.6 is 0 Å². The van der Waals surface area contributed by atoms with Crippen LogP contribution in [0.4, 0.5) is 0 Å². The maximum absolute atomic E-state index is 5.74. The Labute approximate surface area is 97.0 Å². The molecule has 0 radical (unpaired) electrons. The number of aryl methyl sites for hydroxylation is 2. The quantitative estimate of drug-likeness (QED) is 0.832. The van der Waals surface area contributed by atoms with E-state index in [9.17, 15) is 0 Å². The number of methoxy groups -OCH3 is 1. The second-order valence-electron chi connectivity index (χ2n) is 4.71. The average Bonchev–Trinajstić information content (AvgIpc) is 2.59. The molecule has 1 aliphatic rings. The number of hydrogen-bond acceptors (Lipinski definition) is 3. The molecule has 0 unspecified atom stereocenters. The summed E-state index contributed by atoms with van der Waals surface area (Å²) in [5.74, 6) is 0. The third-order valence-corrected chi connectivity index (χ3v) is 3.62. The number of ether oxygens (including phenoxy) is 1. The smallest absolute Gasteiger partial charge is 0.0758 e. The summed E-state index contributed by atoms with van der Waals surface area (Å²) in [7, 11) is 3.81. The van der Waals surface area contributed by atoms with Gasteiger partial charge in [0.1, 0.15) is 0 Å². The number of nitrogens with one attached hydrogen (secondary N) is 1. The van der Waals surface area contributed by atoms with Crippen LogP contribution in [0.25, 0.3) is 0 Å². The van der Waals surface area contributed by atoms with E-state index < -0.39 is 0 Å². The van der Waals surface area contributed by atoms with Gasteiger partial charge in [-0.1, -0.05) is 0 Å². The van der Waals surface area contributed by atoms with Gasteiger partial charge >= 0.3 is 0 Å². The Morgan fingerprint density at radius 3 is 2.69 bits per heavy atom. The fourth-order valence-corrected chi connectivity index (χ4v) is 2.39. The molecule has 1 aliphatic heterocycles. The van der Waals surface area contributed by atoms with Crippen molar-refractivity contribution in [1.29, 1.82) is 0 Å². The van der Waals surface area contributed by atoms with Gasteiger partial charge in [0, 0.05) is 26.3 Å². The molecule has 90 valence electrons. The predicted octanol–water partition coefficient (Wildman–Crippen LogP) is 1.04. The Hall–Kier alpha value is -0.870. The minimum atomic E-state index is -0.00789. The van der Waals surface area contributed by atoms with Crippen LogP contribution in [0.1, 0.15) is 24.2 Å². The van der Waals surface area contributed by atoms with Crippen LogP contribution in [-0.2, 0) is 18.2 Å². The van der Waals surface area contributed by atoms with Crippen molar-refractivity contribution in [3.8, 4) is 0 Å². The third-order valence-electron chi connectivity index (χ3n) is 3.62. The first-order chi connectivity index (χ1) is 7.65. The Balaban J connectivity index is 2.11. The lowest BCUT2D eigenvalue weighted by Crippen LogP contribution is -2.45. The first kappa shape index (κ1) is 11.6. The highest BCUT2D eigenvalue weighted by molar-refractivity contribution is 5.12. The Kier molecular flexibility index (Phi) is 3.30. The van der Waals surface area contributed by atoms with Crippen LogP contribution in [0.5, 0.6) is 0 Å². The number of aromatic nitrogens is 2. The summed E-state index contributed by atoms with van der Waals surface area (Å²) >= 11 is 0. The highest BCUT2D eigenvalue weighted by Crippen LogP contribution is 2.26. The molecule has 1 fully saturated rings. The standard InChI is InChI=1S/C12H21N3O/c1-10-8-11(14-15(10)2)9-12(16-3)4-6-13-7-5-12/h8,13H,4-7,9H2,1-3H3. The van der Waals surface area contributed by atoms with Crippen molar-refractivity contribution in [3.63, 3.8) is 0 Å². The second kappa shape index (κ2) is 4.55. The molecule has 2 rings (SSSR count). The van der Waals surface area contributed by atoms with Gasteiger partial charge in [0.25, 0.3) is 0 Å². The minimum absolute atomic E-state index is 0.00789. The molecular formula is C12H21N3O. The minimum Gasteiger partial charge on any atom is -0.378 e. The van der Waals surface area contributed by atoms with Crippen LogP contribution in [0.3, 0.4) is 0 Å². The Bertz CT molecular complexity index is 334. The number of rotatable bonds is 3. The van der Waals surface area contributed by atoms with E-state index in [1.54, 1.807) is 0 Å². The van der Waals surface area contributed by atoms with Crippen LogP contribution < -0.4 is 5.32 Å². The van der Waals surface area contributed by atoms with E-state index in [4.69, 9.17) is 4.74 Å². The van der Waals surface area contributed by atoms with E-state index in [-0.39, 0.29) is 5.60 Å². The van der Waals surface area contributed by atoms with Crippen molar-refractivity contribution < 1.29 is 4.74 Å². The molecule has 0 atom stereocenters. The van der Waals surface area contributed by atoms with E-state index in [1.807, 2.05) is 18.8 Å². The van der Waals surface area contributed by atoms with Crippen molar-refractivity contribution in [2.75, 3.05) is 20.2 Å². The summed E-state index contributed by atoms with van der Waals surface area (Å²) in [5, 5.41) is 7.88. The molecule has 1 aromatic rings. The monoisotopic (exact) mass is 223 g/mol. The summed E-state index contributed by atoms with van der Waals surface area (Å²) in [6.45, 7) is 4.16. The number of piperidine rings is 1. The molecule has 0 saturated carbocycles. The van der Waals surface area contributed by atoms with Gasteiger partial charge in [-0.2, -0.15) is 5.10 Å². The molecule has 2 heterocycles. The highest BCUT2D eigenvalue weighted by Gasteiger charge is 2.32. The van der Waals surface area contributed by atoms with Gasteiger partial charge in [0.15, 0.2) is 0 Å². The van der Waals surface area contributed by atoms with E-state index >= 15 is 0 Å². The number of nitrogens with zero attached hydrogens (tertiary/aromatic N) is 2. The molecule has 0 aliphatic carbocycles. The number of hydrogen-bond donors (Lipinski definition) is 1. The summed E-state index contributed by atoms with van der Waals surface area (Å²) in [5.41, 5.74) is 2.34. The molecule has 1 saturated heterocycles. The Morgan fingerprint density at radius 2 is 2.19 bits per heavy atom. The van der Waals surface area contributed by atoms with Crippen LogP contribution in [0, 0.1) is 6.92 Å².